The molecule has 0 aliphatic rings. The van der Waals surface area contributed by atoms with Crippen molar-refractivity contribution in [2.45, 2.75) is 6.92 Å². The first-order valence-corrected chi connectivity index (χ1v) is 6.08. The van der Waals surface area contributed by atoms with E-state index in [1.54, 1.807) is 6.07 Å². The molecule has 0 unspecified atom stereocenters. The second-order valence-electron chi connectivity index (χ2n) is 3.85. The molecule has 2 rings (SSSR count). The summed E-state index contributed by atoms with van der Waals surface area (Å²) in [5.74, 6) is -1.03. The van der Waals surface area contributed by atoms with Crippen LogP contribution in [0.5, 0.6) is 0 Å². The lowest BCUT2D eigenvalue weighted by Gasteiger charge is -2.09. The van der Waals surface area contributed by atoms with Gasteiger partial charge in [-0.15, -0.1) is 0 Å². The van der Waals surface area contributed by atoms with Crippen molar-refractivity contribution in [2.24, 2.45) is 0 Å². The van der Waals surface area contributed by atoms with E-state index in [1.807, 2.05) is 25.1 Å². The summed E-state index contributed by atoms with van der Waals surface area (Å²) in [6.07, 6.45) is 1.50. The molecule has 0 saturated heterocycles. The minimum absolute atomic E-state index is 0.0313. The molecule has 0 fully saturated rings. The number of hydrogen-bond acceptors (Lipinski definition) is 3. The topological polar surface area (TPSA) is 62.2 Å². The zero-order chi connectivity index (χ0) is 13.1. The van der Waals surface area contributed by atoms with Crippen LogP contribution in [0.25, 0.3) is 0 Å². The van der Waals surface area contributed by atoms with Gasteiger partial charge in [-0.25, -0.2) is 9.78 Å². The van der Waals surface area contributed by atoms with Crippen molar-refractivity contribution in [3.63, 3.8) is 0 Å². The van der Waals surface area contributed by atoms with E-state index in [4.69, 9.17) is 5.11 Å². The van der Waals surface area contributed by atoms with Crippen molar-refractivity contribution < 1.29 is 9.90 Å². The number of nitrogens with one attached hydrogen (secondary N) is 1. The minimum atomic E-state index is -1.03. The highest BCUT2D eigenvalue weighted by Crippen LogP contribution is 2.26. The van der Waals surface area contributed by atoms with Gasteiger partial charge < -0.3 is 10.4 Å². The largest absolute Gasteiger partial charge is 0.477 e. The van der Waals surface area contributed by atoms with Gasteiger partial charge in [-0.1, -0.05) is 6.07 Å². The summed E-state index contributed by atoms with van der Waals surface area (Å²) < 4.78 is 0.940. The molecule has 0 saturated carbocycles. The molecular formula is C13H11BrN2O2. The van der Waals surface area contributed by atoms with Gasteiger partial charge in [-0.2, -0.15) is 0 Å². The highest BCUT2D eigenvalue weighted by atomic mass is 79.9. The number of anilines is 2. The van der Waals surface area contributed by atoms with Crippen molar-refractivity contribution >= 4 is 33.3 Å². The van der Waals surface area contributed by atoms with Crippen LogP contribution in [0.1, 0.15) is 16.1 Å². The van der Waals surface area contributed by atoms with E-state index < -0.39 is 5.97 Å². The number of aryl methyl sites for hydroxylation is 1. The molecule has 2 aromatic rings. The minimum Gasteiger partial charge on any atom is -0.477 e. The van der Waals surface area contributed by atoms with Crippen LogP contribution in [-0.2, 0) is 0 Å². The molecule has 0 amide bonds. The summed E-state index contributed by atoms with van der Waals surface area (Å²) in [6, 6.07) is 9.10. The third-order valence-corrected chi connectivity index (χ3v) is 3.07. The highest BCUT2D eigenvalue weighted by molar-refractivity contribution is 9.10. The molecular weight excluding hydrogens is 296 g/mol. The van der Waals surface area contributed by atoms with Gasteiger partial charge in [-0.3, -0.25) is 0 Å². The van der Waals surface area contributed by atoms with Crippen LogP contribution in [0.15, 0.2) is 41.0 Å². The molecule has 0 aliphatic carbocycles. The zero-order valence-corrected chi connectivity index (χ0v) is 11.2. The lowest BCUT2D eigenvalue weighted by Crippen LogP contribution is -2.00. The summed E-state index contributed by atoms with van der Waals surface area (Å²) in [5.41, 5.74) is 2.82. The van der Waals surface area contributed by atoms with Gasteiger partial charge in [0.05, 0.1) is 17.6 Å². The molecule has 0 spiro atoms. The van der Waals surface area contributed by atoms with E-state index in [0.29, 0.717) is 0 Å². The third-order valence-electron chi connectivity index (χ3n) is 2.38. The quantitative estimate of drug-likeness (QED) is 0.909. The van der Waals surface area contributed by atoms with Crippen LogP contribution in [0.3, 0.4) is 0 Å². The van der Waals surface area contributed by atoms with E-state index in [-0.39, 0.29) is 5.69 Å². The maximum absolute atomic E-state index is 10.7. The first kappa shape index (κ1) is 12.6. The molecule has 18 heavy (non-hydrogen) atoms. The van der Waals surface area contributed by atoms with E-state index in [1.165, 1.54) is 12.3 Å². The van der Waals surface area contributed by atoms with Crippen molar-refractivity contribution in [3.05, 3.63) is 52.3 Å². The van der Waals surface area contributed by atoms with Gasteiger partial charge in [0.2, 0.25) is 0 Å². The summed E-state index contributed by atoms with van der Waals surface area (Å²) in [7, 11) is 0. The lowest BCUT2D eigenvalue weighted by atomic mass is 10.2. The fourth-order valence-electron chi connectivity index (χ4n) is 1.48. The molecule has 4 nitrogen and oxygen atoms in total. The van der Waals surface area contributed by atoms with Crippen LogP contribution < -0.4 is 5.32 Å². The number of pyridine rings is 1. The Labute approximate surface area is 113 Å². The number of aromatic carboxylic acids is 1. The van der Waals surface area contributed by atoms with Crippen molar-refractivity contribution in [1.82, 2.24) is 4.98 Å². The number of aromatic nitrogens is 1. The van der Waals surface area contributed by atoms with Gasteiger partial charge in [-0.05, 0) is 52.7 Å². The van der Waals surface area contributed by atoms with Crippen LogP contribution in [0.4, 0.5) is 11.4 Å². The monoisotopic (exact) mass is 306 g/mol. The smallest absolute Gasteiger partial charge is 0.354 e. The SMILES string of the molecule is Cc1ccc(Br)c(Nc2ccc(C(=O)O)nc2)c1. The molecule has 5 heteroatoms. The van der Waals surface area contributed by atoms with Crippen LogP contribution >= 0.6 is 15.9 Å². The van der Waals surface area contributed by atoms with Crippen molar-refractivity contribution in [3.8, 4) is 0 Å². The first-order valence-electron chi connectivity index (χ1n) is 5.29. The molecule has 92 valence electrons. The maximum Gasteiger partial charge on any atom is 0.354 e. The lowest BCUT2D eigenvalue weighted by molar-refractivity contribution is 0.0690. The fraction of sp³-hybridized carbons (Fsp3) is 0.0769. The summed E-state index contributed by atoms with van der Waals surface area (Å²) in [4.78, 5) is 14.5. The average Bonchev–Trinajstić information content (AvgIpc) is 2.34. The number of carboxylic acids is 1. The number of rotatable bonds is 3. The van der Waals surface area contributed by atoms with E-state index >= 15 is 0 Å². The first-order chi connectivity index (χ1) is 8.56. The molecule has 2 N–H and O–H groups in total. The molecule has 1 aromatic carbocycles. The Morgan fingerprint density at radius 1 is 1.33 bits per heavy atom. The Hall–Kier alpha value is -1.88. The Balaban J connectivity index is 2.23. The number of carboxylic acid groups (broad SMARTS) is 1. The number of halogens is 1. The van der Waals surface area contributed by atoms with Gasteiger partial charge in [0.1, 0.15) is 5.69 Å². The van der Waals surface area contributed by atoms with E-state index in [2.05, 4.69) is 26.2 Å². The Morgan fingerprint density at radius 3 is 2.72 bits per heavy atom. The summed E-state index contributed by atoms with van der Waals surface area (Å²) >= 11 is 3.45. The van der Waals surface area contributed by atoms with Gasteiger partial charge in [0.15, 0.2) is 0 Å². The number of hydrogen-bond donors (Lipinski definition) is 2. The van der Waals surface area contributed by atoms with Gasteiger partial charge in [0, 0.05) is 4.47 Å². The molecule has 0 atom stereocenters. The zero-order valence-electron chi connectivity index (χ0n) is 9.64. The number of carbonyl (C=O) groups is 1. The second kappa shape index (κ2) is 5.18. The van der Waals surface area contributed by atoms with Crippen LogP contribution in [-0.4, -0.2) is 16.1 Å². The normalized spacial score (nSPS) is 10.1. The Kier molecular flexibility index (Phi) is 3.62. The summed E-state index contributed by atoms with van der Waals surface area (Å²) in [6.45, 7) is 2.00. The number of benzene rings is 1. The van der Waals surface area contributed by atoms with Crippen molar-refractivity contribution in [1.29, 1.82) is 0 Å². The van der Waals surface area contributed by atoms with Gasteiger partial charge >= 0.3 is 5.97 Å². The fourth-order valence-corrected chi connectivity index (χ4v) is 1.83. The second-order valence-corrected chi connectivity index (χ2v) is 4.70. The summed E-state index contributed by atoms with van der Waals surface area (Å²) in [5, 5.41) is 11.9. The third kappa shape index (κ3) is 2.87. The predicted molar refractivity (Wildman–Crippen MR) is 73.4 cm³/mol. The highest BCUT2D eigenvalue weighted by Gasteiger charge is 2.05. The standard InChI is InChI=1S/C13H11BrN2O2/c1-8-2-4-10(14)12(6-8)16-9-3-5-11(13(17)18)15-7-9/h2-7,16H,1H3,(H,17,18). The predicted octanol–water partition coefficient (Wildman–Crippen LogP) is 3.59. The van der Waals surface area contributed by atoms with Crippen molar-refractivity contribution in [2.75, 3.05) is 5.32 Å². The van der Waals surface area contributed by atoms with E-state index in [0.717, 1.165) is 21.4 Å². The van der Waals surface area contributed by atoms with Crippen LogP contribution in [0.2, 0.25) is 0 Å². The van der Waals surface area contributed by atoms with Crippen LogP contribution in [0, 0.1) is 6.92 Å². The van der Waals surface area contributed by atoms with E-state index in [9.17, 15) is 4.79 Å². The average molecular weight is 307 g/mol. The molecule has 1 heterocycles. The molecule has 1 aromatic heterocycles. The Bertz CT molecular complexity index is 582. The van der Waals surface area contributed by atoms with Gasteiger partial charge in [0.25, 0.3) is 0 Å². The Morgan fingerprint density at radius 2 is 2.11 bits per heavy atom. The maximum atomic E-state index is 10.7. The number of nitrogens with zero attached hydrogens (tertiary/aromatic N) is 1. The molecule has 0 aliphatic heterocycles. The molecule has 0 radical (unpaired) electrons. The molecule has 0 bridgehead atoms.